The van der Waals surface area contributed by atoms with Gasteiger partial charge in [0.05, 0.1) is 10.7 Å². The molecule has 0 bridgehead atoms. The third kappa shape index (κ3) is 4.31. The van der Waals surface area contributed by atoms with Gasteiger partial charge in [-0.15, -0.1) is 11.3 Å². The molecule has 0 aliphatic heterocycles. The van der Waals surface area contributed by atoms with E-state index in [2.05, 4.69) is 36.0 Å². The monoisotopic (exact) mass is 226 g/mol. The van der Waals surface area contributed by atoms with E-state index in [1.54, 1.807) is 0 Å². The maximum atomic E-state index is 4.63. The van der Waals surface area contributed by atoms with E-state index >= 15 is 0 Å². The van der Waals surface area contributed by atoms with Crippen LogP contribution in [-0.2, 0) is 12.8 Å². The number of likely N-dealkylation sites (N-methyl/N-ethyl adjacent to an activating group) is 1. The van der Waals surface area contributed by atoms with Crippen LogP contribution in [0, 0.1) is 0 Å². The Bertz CT molecular complexity index is 266. The van der Waals surface area contributed by atoms with Crippen LogP contribution in [0.15, 0.2) is 5.38 Å². The lowest BCUT2D eigenvalue weighted by Gasteiger charge is -2.16. The first-order valence-corrected chi connectivity index (χ1v) is 6.83. The van der Waals surface area contributed by atoms with Gasteiger partial charge in [-0.25, -0.2) is 4.98 Å². The van der Waals surface area contributed by atoms with Crippen LogP contribution in [0.25, 0.3) is 0 Å². The van der Waals surface area contributed by atoms with Crippen molar-refractivity contribution in [3.63, 3.8) is 0 Å². The lowest BCUT2D eigenvalue weighted by atomic mass is 10.3. The summed E-state index contributed by atoms with van der Waals surface area (Å²) in [4.78, 5) is 7.08. The van der Waals surface area contributed by atoms with E-state index in [9.17, 15) is 0 Å². The summed E-state index contributed by atoms with van der Waals surface area (Å²) in [7, 11) is 0. The van der Waals surface area contributed by atoms with E-state index in [-0.39, 0.29) is 0 Å². The smallest absolute Gasteiger partial charge is 0.0941 e. The first-order valence-electron chi connectivity index (χ1n) is 5.95. The highest BCUT2D eigenvalue weighted by molar-refractivity contribution is 7.09. The van der Waals surface area contributed by atoms with Crippen molar-refractivity contribution < 1.29 is 0 Å². The molecule has 0 saturated carbocycles. The van der Waals surface area contributed by atoms with E-state index in [1.807, 2.05) is 11.3 Å². The molecule has 0 atom stereocenters. The largest absolute Gasteiger partial charge is 0.303 e. The molecule has 2 nitrogen and oxygen atoms in total. The van der Waals surface area contributed by atoms with E-state index in [1.165, 1.54) is 17.1 Å². The molecule has 0 N–H and O–H groups in total. The molecule has 0 unspecified atom stereocenters. The second-order valence-corrected chi connectivity index (χ2v) is 4.70. The Kier molecular flexibility index (Phi) is 5.88. The quantitative estimate of drug-likeness (QED) is 0.710. The van der Waals surface area contributed by atoms with Gasteiger partial charge in [0, 0.05) is 18.3 Å². The molecule has 0 amide bonds. The molecule has 1 heterocycles. The predicted octanol–water partition coefficient (Wildman–Crippen LogP) is 2.98. The zero-order valence-electron chi connectivity index (χ0n) is 10.1. The Labute approximate surface area is 97.3 Å². The molecule has 3 heteroatoms. The number of nitrogens with zero attached hydrogens (tertiary/aromatic N) is 2. The molecule has 1 aromatic rings. The number of thiazole rings is 1. The summed E-state index contributed by atoms with van der Waals surface area (Å²) >= 11 is 1.81. The van der Waals surface area contributed by atoms with Crippen molar-refractivity contribution in [1.29, 1.82) is 0 Å². The van der Waals surface area contributed by atoms with Gasteiger partial charge in [-0.05, 0) is 19.5 Å². The predicted molar refractivity (Wildman–Crippen MR) is 67.6 cm³/mol. The summed E-state index contributed by atoms with van der Waals surface area (Å²) in [5, 5.41) is 3.51. The standard InChI is InChI=1S/C12H22N2S/c1-4-7-11-10-15-12(13-11)8-9-14(5-2)6-3/h10H,4-9H2,1-3H3. The van der Waals surface area contributed by atoms with Crippen LogP contribution in [0.5, 0.6) is 0 Å². The van der Waals surface area contributed by atoms with Crippen LogP contribution < -0.4 is 0 Å². The molecule has 0 saturated heterocycles. The van der Waals surface area contributed by atoms with Gasteiger partial charge in [0.2, 0.25) is 0 Å². The molecule has 0 spiro atoms. The third-order valence-electron chi connectivity index (χ3n) is 2.64. The second kappa shape index (κ2) is 6.96. The molecule has 0 aliphatic carbocycles. The molecule has 0 aliphatic rings. The molecule has 15 heavy (non-hydrogen) atoms. The lowest BCUT2D eigenvalue weighted by molar-refractivity contribution is 0.308. The minimum atomic E-state index is 1.11. The molecule has 86 valence electrons. The van der Waals surface area contributed by atoms with Crippen LogP contribution in [0.2, 0.25) is 0 Å². The van der Waals surface area contributed by atoms with Crippen molar-refractivity contribution in [2.45, 2.75) is 40.0 Å². The average molecular weight is 226 g/mol. The zero-order valence-corrected chi connectivity index (χ0v) is 10.9. The third-order valence-corrected chi connectivity index (χ3v) is 3.60. The molecule has 1 rings (SSSR count). The van der Waals surface area contributed by atoms with Gasteiger partial charge in [-0.1, -0.05) is 27.2 Å². The Balaban J connectivity index is 2.36. The molecular weight excluding hydrogens is 204 g/mol. The van der Waals surface area contributed by atoms with Gasteiger partial charge in [0.1, 0.15) is 0 Å². The average Bonchev–Trinajstić information content (AvgIpc) is 2.68. The van der Waals surface area contributed by atoms with Crippen molar-refractivity contribution >= 4 is 11.3 Å². The Morgan fingerprint density at radius 1 is 1.20 bits per heavy atom. The van der Waals surface area contributed by atoms with Crippen LogP contribution in [-0.4, -0.2) is 29.5 Å². The number of hydrogen-bond donors (Lipinski definition) is 0. The highest BCUT2D eigenvalue weighted by atomic mass is 32.1. The summed E-state index contributed by atoms with van der Waals surface area (Å²) in [6.07, 6.45) is 3.43. The molecule has 0 fully saturated rings. The summed E-state index contributed by atoms with van der Waals surface area (Å²) in [6.45, 7) is 10.1. The van der Waals surface area contributed by atoms with Crippen molar-refractivity contribution in [2.24, 2.45) is 0 Å². The van der Waals surface area contributed by atoms with E-state index in [4.69, 9.17) is 0 Å². The normalized spacial score (nSPS) is 11.2. The minimum absolute atomic E-state index is 1.11. The van der Waals surface area contributed by atoms with Crippen LogP contribution in [0.3, 0.4) is 0 Å². The van der Waals surface area contributed by atoms with Crippen LogP contribution in [0.1, 0.15) is 37.9 Å². The Morgan fingerprint density at radius 3 is 2.53 bits per heavy atom. The Hall–Kier alpha value is -0.410. The minimum Gasteiger partial charge on any atom is -0.303 e. The molecule has 0 radical (unpaired) electrons. The number of hydrogen-bond acceptors (Lipinski definition) is 3. The van der Waals surface area contributed by atoms with Gasteiger partial charge in [-0.3, -0.25) is 0 Å². The van der Waals surface area contributed by atoms with Gasteiger partial charge in [0.15, 0.2) is 0 Å². The second-order valence-electron chi connectivity index (χ2n) is 3.76. The van der Waals surface area contributed by atoms with Crippen molar-refractivity contribution in [2.75, 3.05) is 19.6 Å². The first-order chi connectivity index (χ1) is 7.30. The number of rotatable bonds is 7. The van der Waals surface area contributed by atoms with E-state index < -0.39 is 0 Å². The maximum Gasteiger partial charge on any atom is 0.0941 e. The van der Waals surface area contributed by atoms with Crippen LogP contribution >= 0.6 is 11.3 Å². The molecule has 1 aromatic heterocycles. The Morgan fingerprint density at radius 2 is 1.93 bits per heavy atom. The number of aryl methyl sites for hydroxylation is 1. The molecular formula is C12H22N2S. The van der Waals surface area contributed by atoms with Gasteiger partial charge in [0.25, 0.3) is 0 Å². The van der Waals surface area contributed by atoms with Gasteiger partial charge in [-0.2, -0.15) is 0 Å². The maximum absolute atomic E-state index is 4.63. The first kappa shape index (κ1) is 12.7. The van der Waals surface area contributed by atoms with Crippen molar-refractivity contribution in [3.05, 3.63) is 16.1 Å². The number of aromatic nitrogens is 1. The van der Waals surface area contributed by atoms with Gasteiger partial charge < -0.3 is 4.90 Å². The highest BCUT2D eigenvalue weighted by Gasteiger charge is 2.04. The fourth-order valence-electron chi connectivity index (χ4n) is 1.63. The summed E-state index contributed by atoms with van der Waals surface area (Å²) in [5.74, 6) is 0. The SMILES string of the molecule is CCCc1csc(CCN(CC)CC)n1. The van der Waals surface area contributed by atoms with Crippen molar-refractivity contribution in [1.82, 2.24) is 9.88 Å². The fraction of sp³-hybridized carbons (Fsp3) is 0.750. The molecule has 0 aromatic carbocycles. The van der Waals surface area contributed by atoms with Crippen molar-refractivity contribution in [3.8, 4) is 0 Å². The fourth-order valence-corrected chi connectivity index (χ4v) is 2.45. The van der Waals surface area contributed by atoms with E-state index in [0.29, 0.717) is 0 Å². The van der Waals surface area contributed by atoms with E-state index in [0.717, 1.165) is 32.5 Å². The summed E-state index contributed by atoms with van der Waals surface area (Å²) in [6, 6.07) is 0. The topological polar surface area (TPSA) is 16.1 Å². The van der Waals surface area contributed by atoms with Crippen LogP contribution in [0.4, 0.5) is 0 Å². The van der Waals surface area contributed by atoms with Gasteiger partial charge >= 0.3 is 0 Å². The lowest BCUT2D eigenvalue weighted by Crippen LogP contribution is -2.25. The zero-order chi connectivity index (χ0) is 11.1. The summed E-state index contributed by atoms with van der Waals surface area (Å²) < 4.78 is 0. The highest BCUT2D eigenvalue weighted by Crippen LogP contribution is 2.12. The summed E-state index contributed by atoms with van der Waals surface area (Å²) in [5.41, 5.74) is 1.28.